The Morgan fingerprint density at radius 1 is 0.920 bits per heavy atom. The van der Waals surface area contributed by atoms with Crippen molar-refractivity contribution in [3.63, 3.8) is 0 Å². The van der Waals surface area contributed by atoms with Gasteiger partial charge in [-0.2, -0.15) is 5.10 Å². The summed E-state index contributed by atoms with van der Waals surface area (Å²) in [6.07, 6.45) is 1.92. The van der Waals surface area contributed by atoms with E-state index in [9.17, 15) is 0 Å². The van der Waals surface area contributed by atoms with Crippen molar-refractivity contribution in [2.45, 2.75) is 13.8 Å². The molecule has 0 spiro atoms. The van der Waals surface area contributed by atoms with Crippen LogP contribution in [0, 0.1) is 13.8 Å². The van der Waals surface area contributed by atoms with Crippen LogP contribution in [0.1, 0.15) is 11.3 Å². The number of nitrogens with zero attached hydrogens (tertiary/aromatic N) is 3. The van der Waals surface area contributed by atoms with E-state index in [1.807, 2.05) is 49.1 Å². The predicted octanol–water partition coefficient (Wildman–Crippen LogP) is 4.50. The summed E-state index contributed by atoms with van der Waals surface area (Å²) in [5.41, 5.74) is 14.3. The maximum absolute atomic E-state index is 5.90. The summed E-state index contributed by atoms with van der Waals surface area (Å²) in [5, 5.41) is 5.89. The van der Waals surface area contributed by atoms with Crippen molar-refractivity contribution in [1.29, 1.82) is 0 Å². The van der Waals surface area contributed by atoms with Gasteiger partial charge in [0.25, 0.3) is 0 Å². The molecule has 0 fully saturated rings. The van der Waals surface area contributed by atoms with Crippen molar-refractivity contribution < 1.29 is 0 Å². The number of benzene rings is 2. The lowest BCUT2D eigenvalue weighted by Gasteiger charge is -2.06. The molecule has 0 aliphatic heterocycles. The molecule has 4 rings (SSSR count). The number of hydrogen-bond acceptors (Lipinski definition) is 3. The molecule has 0 amide bonds. The zero-order valence-electron chi connectivity index (χ0n) is 14.6. The van der Waals surface area contributed by atoms with Crippen molar-refractivity contribution in [3.05, 3.63) is 66.0 Å². The van der Waals surface area contributed by atoms with Crippen molar-refractivity contribution in [3.8, 4) is 22.4 Å². The highest BCUT2D eigenvalue weighted by Gasteiger charge is 2.14. The van der Waals surface area contributed by atoms with Gasteiger partial charge in [-0.3, -0.25) is 9.67 Å². The summed E-state index contributed by atoms with van der Waals surface area (Å²) in [6, 6.07) is 16.5. The first-order valence-corrected chi connectivity index (χ1v) is 8.29. The van der Waals surface area contributed by atoms with Crippen LogP contribution in [0.4, 0.5) is 5.69 Å². The van der Waals surface area contributed by atoms with Crippen molar-refractivity contribution >= 4 is 16.6 Å². The van der Waals surface area contributed by atoms with Gasteiger partial charge in [0, 0.05) is 41.1 Å². The van der Waals surface area contributed by atoms with Crippen LogP contribution in [0.25, 0.3) is 33.3 Å². The van der Waals surface area contributed by atoms with Crippen LogP contribution in [-0.2, 0) is 7.05 Å². The van der Waals surface area contributed by atoms with E-state index in [1.54, 1.807) is 0 Å². The molecule has 0 saturated carbocycles. The molecule has 0 radical (unpaired) electrons. The molecule has 2 heterocycles. The summed E-state index contributed by atoms with van der Waals surface area (Å²) in [4.78, 5) is 4.41. The van der Waals surface area contributed by atoms with E-state index in [-0.39, 0.29) is 0 Å². The van der Waals surface area contributed by atoms with E-state index in [0.29, 0.717) is 0 Å². The summed E-state index contributed by atoms with van der Waals surface area (Å²) >= 11 is 0. The Balaban J connectivity index is 1.93. The summed E-state index contributed by atoms with van der Waals surface area (Å²) in [6.45, 7) is 4.07. The Bertz CT molecular complexity index is 1080. The third kappa shape index (κ3) is 2.66. The second kappa shape index (κ2) is 5.74. The number of nitrogens with two attached hydrogens (primary N) is 1. The minimum atomic E-state index is 0.771. The molecular weight excluding hydrogens is 308 g/mol. The number of hydrogen-bond donors (Lipinski definition) is 1. The molecule has 2 aromatic heterocycles. The van der Waals surface area contributed by atoms with Gasteiger partial charge in [-0.15, -0.1) is 0 Å². The number of rotatable bonds is 2. The van der Waals surface area contributed by atoms with E-state index in [1.165, 1.54) is 0 Å². The van der Waals surface area contributed by atoms with Crippen molar-refractivity contribution in [2.75, 3.05) is 5.73 Å². The molecule has 0 saturated heterocycles. The first-order chi connectivity index (χ1) is 12.0. The number of aromatic nitrogens is 3. The third-order valence-electron chi connectivity index (χ3n) is 4.60. The van der Waals surface area contributed by atoms with Crippen LogP contribution in [0.2, 0.25) is 0 Å². The Kier molecular flexibility index (Phi) is 3.53. The first kappa shape index (κ1) is 15.4. The average Bonchev–Trinajstić information content (AvgIpc) is 2.92. The monoisotopic (exact) mass is 328 g/mol. The Morgan fingerprint density at radius 3 is 2.44 bits per heavy atom. The van der Waals surface area contributed by atoms with Crippen LogP contribution < -0.4 is 5.73 Å². The quantitative estimate of drug-likeness (QED) is 0.551. The summed E-state index contributed by atoms with van der Waals surface area (Å²) in [5.74, 6) is 0. The van der Waals surface area contributed by atoms with Crippen LogP contribution >= 0.6 is 0 Å². The van der Waals surface area contributed by atoms with Gasteiger partial charge in [-0.05, 0) is 55.3 Å². The fraction of sp³-hybridized carbons (Fsp3) is 0.143. The van der Waals surface area contributed by atoms with Crippen molar-refractivity contribution in [2.24, 2.45) is 7.05 Å². The standard InChI is InChI=1S/C21H20N4/c1-13-10-17(22)7-8-18(13)21-19-11-15(6-9-20(19)25(3)24-21)16-5-4-14(2)23-12-16/h4-12H,22H2,1-3H3. The molecule has 0 aliphatic rings. The zero-order valence-corrected chi connectivity index (χ0v) is 14.6. The number of fused-ring (bicyclic) bond motifs is 1. The molecule has 4 aromatic rings. The highest BCUT2D eigenvalue weighted by molar-refractivity contribution is 5.96. The van der Waals surface area contributed by atoms with Gasteiger partial charge < -0.3 is 5.73 Å². The predicted molar refractivity (Wildman–Crippen MR) is 103 cm³/mol. The second-order valence-electron chi connectivity index (χ2n) is 6.47. The smallest absolute Gasteiger partial charge is 0.100 e. The maximum atomic E-state index is 5.90. The molecule has 0 unspecified atom stereocenters. The van der Waals surface area contributed by atoms with Crippen LogP contribution in [0.15, 0.2) is 54.7 Å². The normalized spacial score (nSPS) is 11.2. The third-order valence-corrected chi connectivity index (χ3v) is 4.60. The molecule has 4 nitrogen and oxygen atoms in total. The van der Waals surface area contributed by atoms with Crippen LogP contribution in [-0.4, -0.2) is 14.8 Å². The fourth-order valence-corrected chi connectivity index (χ4v) is 3.24. The zero-order chi connectivity index (χ0) is 17.6. The molecule has 2 N–H and O–H groups in total. The lowest BCUT2D eigenvalue weighted by Crippen LogP contribution is -1.92. The van der Waals surface area contributed by atoms with Gasteiger partial charge in [0.1, 0.15) is 5.69 Å². The molecular formula is C21H20N4. The average molecular weight is 328 g/mol. The number of nitrogen functional groups attached to an aromatic ring is 1. The minimum absolute atomic E-state index is 0.771. The maximum Gasteiger partial charge on any atom is 0.100 e. The summed E-state index contributed by atoms with van der Waals surface area (Å²) < 4.78 is 1.93. The molecule has 0 bridgehead atoms. The molecule has 0 atom stereocenters. The Labute approximate surface area is 146 Å². The van der Waals surface area contributed by atoms with E-state index < -0.39 is 0 Å². The highest BCUT2D eigenvalue weighted by Crippen LogP contribution is 2.33. The van der Waals surface area contributed by atoms with Gasteiger partial charge in [-0.25, -0.2) is 0 Å². The van der Waals surface area contributed by atoms with Gasteiger partial charge >= 0.3 is 0 Å². The van der Waals surface area contributed by atoms with E-state index in [2.05, 4.69) is 36.2 Å². The van der Waals surface area contributed by atoms with Crippen LogP contribution in [0.5, 0.6) is 0 Å². The number of aryl methyl sites for hydroxylation is 3. The molecule has 25 heavy (non-hydrogen) atoms. The van der Waals surface area contributed by atoms with E-state index >= 15 is 0 Å². The second-order valence-corrected chi connectivity index (χ2v) is 6.47. The number of pyridine rings is 1. The van der Waals surface area contributed by atoms with E-state index in [4.69, 9.17) is 10.8 Å². The van der Waals surface area contributed by atoms with Gasteiger partial charge in [0.15, 0.2) is 0 Å². The number of anilines is 1. The van der Waals surface area contributed by atoms with Gasteiger partial charge in [0.2, 0.25) is 0 Å². The molecule has 4 heteroatoms. The topological polar surface area (TPSA) is 56.7 Å². The summed E-state index contributed by atoms with van der Waals surface area (Å²) in [7, 11) is 1.98. The highest BCUT2D eigenvalue weighted by atomic mass is 15.3. The molecule has 2 aromatic carbocycles. The minimum Gasteiger partial charge on any atom is -0.399 e. The first-order valence-electron chi connectivity index (χ1n) is 8.29. The SMILES string of the molecule is Cc1ccc(-c2ccc3c(c2)c(-c2ccc(N)cc2C)nn3C)cn1. The lowest BCUT2D eigenvalue weighted by molar-refractivity contribution is 0.800. The van der Waals surface area contributed by atoms with Gasteiger partial charge in [0.05, 0.1) is 5.52 Å². The van der Waals surface area contributed by atoms with Crippen LogP contribution in [0.3, 0.4) is 0 Å². The largest absolute Gasteiger partial charge is 0.399 e. The van der Waals surface area contributed by atoms with E-state index in [0.717, 1.165) is 50.2 Å². The fourth-order valence-electron chi connectivity index (χ4n) is 3.24. The van der Waals surface area contributed by atoms with Gasteiger partial charge in [-0.1, -0.05) is 18.2 Å². The molecule has 124 valence electrons. The molecule has 0 aliphatic carbocycles. The Morgan fingerprint density at radius 2 is 1.72 bits per heavy atom. The Hall–Kier alpha value is -3.14. The van der Waals surface area contributed by atoms with Crippen molar-refractivity contribution in [1.82, 2.24) is 14.8 Å². The lowest BCUT2D eigenvalue weighted by atomic mass is 9.99.